The second-order valence-electron chi connectivity index (χ2n) is 4.77. The van der Waals surface area contributed by atoms with Crippen molar-refractivity contribution >= 4 is 16.0 Å². The smallest absolute Gasteiger partial charge is 0.338 e. The van der Waals surface area contributed by atoms with Crippen molar-refractivity contribution in [2.24, 2.45) is 0 Å². The van der Waals surface area contributed by atoms with Gasteiger partial charge in [-0.1, -0.05) is 6.92 Å². The number of carbonyl (C=O) groups is 1. The summed E-state index contributed by atoms with van der Waals surface area (Å²) in [5.74, 6) is -2.42. The molecular weight excluding hydrogens is 285 g/mol. The van der Waals surface area contributed by atoms with E-state index in [9.17, 15) is 17.6 Å². The van der Waals surface area contributed by atoms with Crippen LogP contribution < -0.4 is 0 Å². The standard InChI is InChI=1S/C13H16FNO4S/c1-2-9-4-3-7-15(9)20(18,19)10-5-6-12(14)11(8-10)13(16)17/h5-6,8-9H,2-4,7H2,1H3,(H,16,17). The second kappa shape index (κ2) is 5.49. The van der Waals surface area contributed by atoms with E-state index in [1.807, 2.05) is 6.92 Å². The number of carboxylic acids is 1. The number of rotatable bonds is 4. The third-order valence-electron chi connectivity index (χ3n) is 3.57. The Balaban J connectivity index is 2.44. The molecule has 1 saturated heterocycles. The lowest BCUT2D eigenvalue weighted by Crippen LogP contribution is -2.35. The lowest BCUT2D eigenvalue weighted by atomic mass is 10.2. The van der Waals surface area contributed by atoms with Crippen LogP contribution in [0.25, 0.3) is 0 Å². The number of sulfonamides is 1. The van der Waals surface area contributed by atoms with Gasteiger partial charge >= 0.3 is 5.97 Å². The molecule has 1 atom stereocenters. The van der Waals surface area contributed by atoms with Crippen molar-refractivity contribution in [2.75, 3.05) is 6.54 Å². The van der Waals surface area contributed by atoms with Gasteiger partial charge in [0.25, 0.3) is 0 Å². The van der Waals surface area contributed by atoms with Crippen LogP contribution in [0.2, 0.25) is 0 Å². The molecule has 1 aliphatic rings. The van der Waals surface area contributed by atoms with Gasteiger partial charge in [0.1, 0.15) is 5.82 Å². The Labute approximate surface area is 117 Å². The third-order valence-corrected chi connectivity index (χ3v) is 5.52. The van der Waals surface area contributed by atoms with Crippen molar-refractivity contribution in [2.45, 2.75) is 37.1 Å². The normalized spacial score (nSPS) is 20.2. The summed E-state index contributed by atoms with van der Waals surface area (Å²) in [6, 6.07) is 2.81. The first-order chi connectivity index (χ1) is 9.37. The van der Waals surface area contributed by atoms with Crippen molar-refractivity contribution in [1.82, 2.24) is 4.31 Å². The van der Waals surface area contributed by atoms with Gasteiger partial charge in [-0.3, -0.25) is 0 Å². The quantitative estimate of drug-likeness (QED) is 0.924. The van der Waals surface area contributed by atoms with E-state index in [0.29, 0.717) is 13.0 Å². The zero-order valence-corrected chi connectivity index (χ0v) is 11.9. The zero-order valence-electron chi connectivity index (χ0n) is 11.0. The fraction of sp³-hybridized carbons (Fsp3) is 0.462. The Morgan fingerprint density at radius 3 is 2.80 bits per heavy atom. The van der Waals surface area contributed by atoms with Gasteiger partial charge in [-0.15, -0.1) is 0 Å². The molecule has 1 N–H and O–H groups in total. The molecule has 20 heavy (non-hydrogen) atoms. The topological polar surface area (TPSA) is 74.7 Å². The minimum absolute atomic E-state index is 0.0710. The van der Waals surface area contributed by atoms with E-state index in [4.69, 9.17) is 5.11 Å². The van der Waals surface area contributed by atoms with Gasteiger partial charge in [0, 0.05) is 12.6 Å². The molecule has 2 rings (SSSR count). The molecule has 5 nitrogen and oxygen atoms in total. The Morgan fingerprint density at radius 2 is 2.20 bits per heavy atom. The zero-order chi connectivity index (χ0) is 14.9. The molecule has 0 radical (unpaired) electrons. The lowest BCUT2D eigenvalue weighted by molar-refractivity contribution is 0.0691. The molecule has 0 aromatic heterocycles. The predicted octanol–water partition coefficient (Wildman–Crippen LogP) is 2.09. The van der Waals surface area contributed by atoms with E-state index in [0.717, 1.165) is 31.0 Å². The number of carboxylic acid groups (broad SMARTS) is 1. The lowest BCUT2D eigenvalue weighted by Gasteiger charge is -2.23. The Kier molecular flexibility index (Phi) is 4.10. The van der Waals surface area contributed by atoms with Gasteiger partial charge in [0.2, 0.25) is 10.0 Å². The highest BCUT2D eigenvalue weighted by molar-refractivity contribution is 7.89. The SMILES string of the molecule is CCC1CCCN1S(=O)(=O)c1ccc(F)c(C(=O)O)c1. The summed E-state index contributed by atoms with van der Waals surface area (Å²) in [5.41, 5.74) is -0.627. The second-order valence-corrected chi connectivity index (χ2v) is 6.66. The number of benzene rings is 1. The van der Waals surface area contributed by atoms with E-state index in [1.54, 1.807) is 0 Å². The molecular formula is C13H16FNO4S. The number of nitrogens with zero attached hydrogens (tertiary/aromatic N) is 1. The Morgan fingerprint density at radius 1 is 1.50 bits per heavy atom. The highest BCUT2D eigenvalue weighted by Gasteiger charge is 2.34. The average molecular weight is 301 g/mol. The van der Waals surface area contributed by atoms with Crippen molar-refractivity contribution in [3.05, 3.63) is 29.6 Å². The molecule has 0 amide bonds. The summed E-state index contributed by atoms with van der Waals surface area (Å²) in [5, 5.41) is 8.87. The molecule has 0 bridgehead atoms. The summed E-state index contributed by atoms with van der Waals surface area (Å²) >= 11 is 0. The molecule has 1 aromatic carbocycles. The van der Waals surface area contributed by atoms with Gasteiger partial charge in [-0.2, -0.15) is 4.31 Å². The first-order valence-corrected chi connectivity index (χ1v) is 7.86. The first kappa shape index (κ1) is 14.9. The van der Waals surface area contributed by atoms with Crippen LogP contribution in [0.5, 0.6) is 0 Å². The molecule has 7 heteroatoms. The largest absolute Gasteiger partial charge is 0.478 e. The summed E-state index contributed by atoms with van der Waals surface area (Å²) in [4.78, 5) is 10.7. The van der Waals surface area contributed by atoms with Crippen LogP contribution in [0.3, 0.4) is 0 Å². The molecule has 0 spiro atoms. The summed E-state index contributed by atoms with van der Waals surface area (Å²) in [6.45, 7) is 2.33. The van der Waals surface area contributed by atoms with E-state index >= 15 is 0 Å². The van der Waals surface area contributed by atoms with E-state index in [1.165, 1.54) is 4.31 Å². The number of aromatic carboxylic acids is 1. The van der Waals surface area contributed by atoms with Crippen molar-refractivity contribution < 1.29 is 22.7 Å². The van der Waals surface area contributed by atoms with E-state index < -0.39 is 27.4 Å². The van der Waals surface area contributed by atoms with Crippen molar-refractivity contribution in [3.8, 4) is 0 Å². The van der Waals surface area contributed by atoms with Crippen LogP contribution >= 0.6 is 0 Å². The van der Waals surface area contributed by atoms with Crippen LogP contribution in [-0.4, -0.2) is 36.4 Å². The average Bonchev–Trinajstić information content (AvgIpc) is 2.87. The van der Waals surface area contributed by atoms with Crippen molar-refractivity contribution in [3.63, 3.8) is 0 Å². The molecule has 1 aliphatic heterocycles. The van der Waals surface area contributed by atoms with Crippen LogP contribution in [-0.2, 0) is 10.0 Å². The van der Waals surface area contributed by atoms with Crippen LogP contribution in [0.4, 0.5) is 4.39 Å². The third kappa shape index (κ3) is 2.55. The summed E-state index contributed by atoms with van der Waals surface area (Å²) in [6.07, 6.45) is 2.28. The fourth-order valence-corrected chi connectivity index (χ4v) is 4.29. The monoisotopic (exact) mass is 301 g/mol. The minimum Gasteiger partial charge on any atom is -0.478 e. The van der Waals surface area contributed by atoms with E-state index in [-0.39, 0.29) is 10.9 Å². The molecule has 0 aliphatic carbocycles. The maximum absolute atomic E-state index is 13.3. The van der Waals surface area contributed by atoms with Crippen LogP contribution in [0, 0.1) is 5.82 Å². The molecule has 1 heterocycles. The summed E-state index contributed by atoms with van der Waals surface area (Å²) in [7, 11) is -3.77. The highest BCUT2D eigenvalue weighted by atomic mass is 32.2. The molecule has 1 unspecified atom stereocenters. The fourth-order valence-electron chi connectivity index (χ4n) is 2.50. The van der Waals surface area contributed by atoms with Gasteiger partial charge in [0.05, 0.1) is 10.5 Å². The summed E-state index contributed by atoms with van der Waals surface area (Å²) < 4.78 is 39.7. The molecule has 1 aromatic rings. The van der Waals surface area contributed by atoms with Crippen molar-refractivity contribution in [1.29, 1.82) is 0 Å². The Bertz CT molecular complexity index is 629. The number of halogens is 1. The number of hydrogen-bond acceptors (Lipinski definition) is 3. The maximum Gasteiger partial charge on any atom is 0.338 e. The van der Waals surface area contributed by atoms with Crippen LogP contribution in [0.15, 0.2) is 23.1 Å². The predicted molar refractivity (Wildman–Crippen MR) is 70.6 cm³/mol. The minimum atomic E-state index is -3.77. The number of hydrogen-bond donors (Lipinski definition) is 1. The Hall–Kier alpha value is -1.47. The first-order valence-electron chi connectivity index (χ1n) is 6.42. The highest BCUT2D eigenvalue weighted by Crippen LogP contribution is 2.28. The molecule has 0 saturated carbocycles. The van der Waals surface area contributed by atoms with E-state index in [2.05, 4.69) is 0 Å². The van der Waals surface area contributed by atoms with Crippen LogP contribution in [0.1, 0.15) is 36.5 Å². The van der Waals surface area contributed by atoms with Gasteiger partial charge in [-0.05, 0) is 37.5 Å². The maximum atomic E-state index is 13.3. The van der Waals surface area contributed by atoms with Gasteiger partial charge in [-0.25, -0.2) is 17.6 Å². The molecule has 1 fully saturated rings. The molecule has 110 valence electrons. The van der Waals surface area contributed by atoms with Gasteiger partial charge in [0.15, 0.2) is 0 Å². The van der Waals surface area contributed by atoms with Gasteiger partial charge < -0.3 is 5.11 Å².